The molecule has 0 atom stereocenters. The molecule has 0 fully saturated rings. The van der Waals surface area contributed by atoms with Crippen molar-refractivity contribution in [2.24, 2.45) is 0 Å². The fraction of sp³-hybridized carbons (Fsp3) is 0.0769. The third-order valence-electron chi connectivity index (χ3n) is 2.50. The third-order valence-corrected chi connectivity index (χ3v) is 2.78. The van der Waals surface area contributed by atoms with Gasteiger partial charge in [0.05, 0.1) is 16.8 Å². The summed E-state index contributed by atoms with van der Waals surface area (Å²) in [4.78, 5) is 3.86. The van der Waals surface area contributed by atoms with E-state index in [1.807, 2.05) is 6.07 Å². The van der Waals surface area contributed by atoms with E-state index >= 15 is 0 Å². The van der Waals surface area contributed by atoms with Crippen molar-refractivity contribution in [3.63, 3.8) is 0 Å². The molecule has 0 aliphatic rings. The molecule has 0 spiro atoms. The van der Waals surface area contributed by atoms with E-state index in [0.717, 1.165) is 12.1 Å². The largest absolute Gasteiger partial charge is 0.234 e. The summed E-state index contributed by atoms with van der Waals surface area (Å²) in [5.41, 5.74) is 0.561. The quantitative estimate of drug-likeness (QED) is 0.734. The molecule has 1 heterocycles. The number of hydrogen-bond donors (Lipinski definition) is 0. The number of rotatable bonds is 1. The van der Waals surface area contributed by atoms with Gasteiger partial charge in [-0.3, -0.25) is 0 Å². The lowest BCUT2D eigenvalue weighted by atomic mass is 10.1. The van der Waals surface area contributed by atoms with Gasteiger partial charge in [-0.1, -0.05) is 17.7 Å². The van der Waals surface area contributed by atoms with Crippen molar-refractivity contribution in [1.29, 1.82) is 5.26 Å². The molecule has 5 heteroatoms. The second kappa shape index (κ2) is 4.71. The Labute approximate surface area is 107 Å². The standard InChI is InChI=1S/C13H7ClF2N2/c1-7-5-11(18-13(14)8(7)6-17)12-9(15)3-2-4-10(12)16/h2-5H,1H3. The highest BCUT2D eigenvalue weighted by Gasteiger charge is 2.15. The predicted molar refractivity (Wildman–Crippen MR) is 64.1 cm³/mol. The molecule has 0 aliphatic heterocycles. The van der Waals surface area contributed by atoms with Gasteiger partial charge in [-0.15, -0.1) is 0 Å². The summed E-state index contributed by atoms with van der Waals surface area (Å²) in [6, 6.07) is 6.88. The Morgan fingerprint density at radius 2 is 1.89 bits per heavy atom. The van der Waals surface area contributed by atoms with Crippen LogP contribution in [-0.4, -0.2) is 4.98 Å². The van der Waals surface area contributed by atoms with Gasteiger partial charge < -0.3 is 0 Å². The SMILES string of the molecule is Cc1cc(-c2c(F)cccc2F)nc(Cl)c1C#N. The van der Waals surface area contributed by atoms with Crippen molar-refractivity contribution in [2.75, 3.05) is 0 Å². The molecule has 0 N–H and O–H groups in total. The number of nitrogens with zero attached hydrogens (tertiary/aromatic N) is 2. The molecule has 2 aromatic rings. The van der Waals surface area contributed by atoms with Crippen LogP contribution in [0, 0.1) is 29.9 Å². The first-order valence-electron chi connectivity index (χ1n) is 5.06. The molecule has 2 rings (SSSR count). The van der Waals surface area contributed by atoms with E-state index in [0.29, 0.717) is 5.56 Å². The van der Waals surface area contributed by atoms with Crippen LogP contribution in [0.3, 0.4) is 0 Å². The zero-order valence-electron chi connectivity index (χ0n) is 9.34. The molecule has 1 aromatic heterocycles. The smallest absolute Gasteiger partial charge is 0.147 e. The lowest BCUT2D eigenvalue weighted by Crippen LogP contribution is -1.96. The maximum Gasteiger partial charge on any atom is 0.147 e. The second-order valence-corrected chi connectivity index (χ2v) is 4.06. The minimum Gasteiger partial charge on any atom is -0.234 e. The topological polar surface area (TPSA) is 36.7 Å². The van der Waals surface area contributed by atoms with Crippen LogP contribution in [0.2, 0.25) is 5.15 Å². The Bertz CT molecular complexity index is 619. The number of aryl methyl sites for hydroxylation is 1. The molecule has 1 aromatic carbocycles. The molecule has 0 saturated carbocycles. The van der Waals surface area contributed by atoms with Crippen LogP contribution in [0.5, 0.6) is 0 Å². The Morgan fingerprint density at radius 3 is 2.39 bits per heavy atom. The van der Waals surface area contributed by atoms with Gasteiger partial charge in [-0.2, -0.15) is 5.26 Å². The number of pyridine rings is 1. The van der Waals surface area contributed by atoms with E-state index in [1.165, 1.54) is 12.1 Å². The summed E-state index contributed by atoms with van der Waals surface area (Å²) in [5.74, 6) is -1.44. The van der Waals surface area contributed by atoms with Gasteiger partial charge >= 0.3 is 0 Å². The molecule has 0 radical (unpaired) electrons. The molecule has 0 unspecified atom stereocenters. The summed E-state index contributed by atoms with van der Waals surface area (Å²) in [5, 5.41) is 8.79. The van der Waals surface area contributed by atoms with Gasteiger partial charge in [-0.05, 0) is 30.7 Å². The molecule has 0 aliphatic carbocycles. The van der Waals surface area contributed by atoms with Gasteiger partial charge in [0, 0.05) is 0 Å². The predicted octanol–water partition coefficient (Wildman–Crippen LogP) is 3.86. The Morgan fingerprint density at radius 1 is 1.28 bits per heavy atom. The van der Waals surface area contributed by atoms with E-state index in [2.05, 4.69) is 4.98 Å². The first-order valence-corrected chi connectivity index (χ1v) is 5.44. The highest BCUT2D eigenvalue weighted by atomic mass is 35.5. The van der Waals surface area contributed by atoms with Crippen molar-refractivity contribution in [3.05, 3.63) is 52.2 Å². The van der Waals surface area contributed by atoms with Crippen LogP contribution >= 0.6 is 11.6 Å². The van der Waals surface area contributed by atoms with Crippen LogP contribution < -0.4 is 0 Å². The summed E-state index contributed by atoms with van der Waals surface area (Å²) in [6.07, 6.45) is 0. The lowest BCUT2D eigenvalue weighted by molar-refractivity contribution is 0.588. The number of hydrogen-bond acceptors (Lipinski definition) is 2. The van der Waals surface area contributed by atoms with Crippen molar-refractivity contribution < 1.29 is 8.78 Å². The first kappa shape index (κ1) is 12.5. The van der Waals surface area contributed by atoms with E-state index in [-0.39, 0.29) is 22.0 Å². The lowest BCUT2D eigenvalue weighted by Gasteiger charge is -2.07. The Kier molecular flexibility index (Phi) is 3.26. The Hall–Kier alpha value is -1.99. The third kappa shape index (κ3) is 2.05. The van der Waals surface area contributed by atoms with Gasteiger partial charge in [-0.25, -0.2) is 13.8 Å². The highest BCUT2D eigenvalue weighted by Crippen LogP contribution is 2.28. The molecule has 90 valence electrons. The molecule has 0 bridgehead atoms. The molecular weight excluding hydrogens is 258 g/mol. The van der Waals surface area contributed by atoms with Crippen molar-refractivity contribution in [3.8, 4) is 17.3 Å². The van der Waals surface area contributed by atoms with Crippen molar-refractivity contribution in [2.45, 2.75) is 6.92 Å². The van der Waals surface area contributed by atoms with Gasteiger partial charge in [0.25, 0.3) is 0 Å². The van der Waals surface area contributed by atoms with Crippen LogP contribution in [0.25, 0.3) is 11.3 Å². The molecule has 0 amide bonds. The highest BCUT2D eigenvalue weighted by molar-refractivity contribution is 6.30. The van der Waals surface area contributed by atoms with E-state index in [4.69, 9.17) is 16.9 Å². The molecule has 0 saturated heterocycles. The van der Waals surface area contributed by atoms with Crippen LogP contribution in [-0.2, 0) is 0 Å². The van der Waals surface area contributed by atoms with Gasteiger partial charge in [0.1, 0.15) is 22.9 Å². The Balaban J connectivity index is 2.71. The normalized spacial score (nSPS) is 10.2. The summed E-state index contributed by atoms with van der Waals surface area (Å²) >= 11 is 5.81. The monoisotopic (exact) mass is 264 g/mol. The van der Waals surface area contributed by atoms with E-state index in [1.54, 1.807) is 6.92 Å². The first-order chi connectivity index (χ1) is 8.54. The number of nitriles is 1. The maximum atomic E-state index is 13.6. The van der Waals surface area contributed by atoms with E-state index < -0.39 is 11.6 Å². The van der Waals surface area contributed by atoms with Crippen molar-refractivity contribution >= 4 is 11.6 Å². The van der Waals surface area contributed by atoms with Crippen molar-refractivity contribution in [1.82, 2.24) is 4.98 Å². The zero-order chi connectivity index (χ0) is 13.3. The van der Waals surface area contributed by atoms with Crippen LogP contribution in [0.1, 0.15) is 11.1 Å². The van der Waals surface area contributed by atoms with Crippen LogP contribution in [0.15, 0.2) is 24.3 Å². The summed E-state index contributed by atoms with van der Waals surface area (Å²) in [6.45, 7) is 1.63. The summed E-state index contributed by atoms with van der Waals surface area (Å²) in [7, 11) is 0. The van der Waals surface area contributed by atoms with Gasteiger partial charge in [0.15, 0.2) is 0 Å². The minimum absolute atomic E-state index is 0.0600. The average Bonchev–Trinajstić information content (AvgIpc) is 2.28. The maximum absolute atomic E-state index is 13.6. The fourth-order valence-electron chi connectivity index (χ4n) is 1.64. The molecule has 18 heavy (non-hydrogen) atoms. The van der Waals surface area contributed by atoms with E-state index in [9.17, 15) is 8.78 Å². The fourth-order valence-corrected chi connectivity index (χ4v) is 1.92. The van der Waals surface area contributed by atoms with Crippen LogP contribution in [0.4, 0.5) is 8.78 Å². The molecule has 2 nitrogen and oxygen atoms in total. The summed E-state index contributed by atoms with van der Waals surface area (Å²) < 4.78 is 27.2. The number of halogens is 3. The number of aromatic nitrogens is 1. The molecular formula is C13H7ClF2N2. The second-order valence-electron chi connectivity index (χ2n) is 3.70. The average molecular weight is 265 g/mol. The zero-order valence-corrected chi connectivity index (χ0v) is 10.1. The number of benzene rings is 1. The minimum atomic E-state index is -0.720. The van der Waals surface area contributed by atoms with Gasteiger partial charge in [0.2, 0.25) is 0 Å².